The largest absolute Gasteiger partial charge is 0.506 e. The molecule has 7 nitrogen and oxygen atoms in total. The summed E-state index contributed by atoms with van der Waals surface area (Å²) in [6.45, 7) is 4.74. The number of hydrogen-bond donors (Lipinski definition) is 2. The molecule has 3 rings (SSSR count). The van der Waals surface area contributed by atoms with Crippen LogP contribution < -0.4 is 10.2 Å². The van der Waals surface area contributed by atoms with Crippen LogP contribution in [-0.2, 0) is 14.6 Å². The van der Waals surface area contributed by atoms with E-state index in [1.165, 1.54) is 0 Å². The molecule has 2 aliphatic rings. The number of sulfone groups is 1. The molecule has 0 aromatic heterocycles. The Morgan fingerprint density at radius 1 is 1.24 bits per heavy atom. The van der Waals surface area contributed by atoms with Gasteiger partial charge in [0.1, 0.15) is 5.75 Å². The zero-order chi connectivity index (χ0) is 18.0. The Bertz CT molecular complexity index is 729. The lowest BCUT2D eigenvalue weighted by atomic mass is 10.1. The number of nitrogens with zero attached hydrogens (tertiary/aromatic N) is 2. The first-order chi connectivity index (χ1) is 11.9. The number of para-hydroxylation sites is 2. The number of hydrogen-bond acceptors (Lipinski definition) is 6. The molecule has 2 fully saturated rings. The summed E-state index contributed by atoms with van der Waals surface area (Å²) >= 11 is 0. The van der Waals surface area contributed by atoms with E-state index in [2.05, 4.69) is 15.1 Å². The quantitative estimate of drug-likeness (QED) is 0.791. The molecule has 1 aromatic carbocycles. The SMILES string of the molecule is C[C@@H](C(=O)N[C@@H]1CCS(=O)(=O)C1)N1CCN(c2ccccc2O)CC1. The molecule has 2 heterocycles. The smallest absolute Gasteiger partial charge is 0.237 e. The molecule has 138 valence electrons. The fourth-order valence-corrected chi connectivity index (χ4v) is 5.15. The highest BCUT2D eigenvalue weighted by molar-refractivity contribution is 7.91. The molecule has 2 N–H and O–H groups in total. The third-order valence-electron chi connectivity index (χ3n) is 5.04. The number of aromatic hydroxyl groups is 1. The highest BCUT2D eigenvalue weighted by Gasteiger charge is 2.32. The third kappa shape index (κ3) is 4.24. The minimum Gasteiger partial charge on any atom is -0.506 e. The first-order valence-corrected chi connectivity index (χ1v) is 10.5. The fraction of sp³-hybridized carbons (Fsp3) is 0.588. The summed E-state index contributed by atoms with van der Waals surface area (Å²) < 4.78 is 23.0. The van der Waals surface area contributed by atoms with Crippen LogP contribution in [0, 0.1) is 0 Å². The molecule has 1 aromatic rings. The highest BCUT2D eigenvalue weighted by Crippen LogP contribution is 2.27. The zero-order valence-electron chi connectivity index (χ0n) is 14.4. The first-order valence-electron chi connectivity index (χ1n) is 8.63. The summed E-state index contributed by atoms with van der Waals surface area (Å²) in [5, 5.41) is 12.8. The van der Waals surface area contributed by atoms with E-state index in [-0.39, 0.29) is 35.2 Å². The molecular formula is C17H25N3O4S. The van der Waals surface area contributed by atoms with Gasteiger partial charge in [-0.15, -0.1) is 0 Å². The van der Waals surface area contributed by atoms with Crippen molar-refractivity contribution in [3.8, 4) is 5.75 Å². The molecule has 0 saturated carbocycles. The monoisotopic (exact) mass is 367 g/mol. The lowest BCUT2D eigenvalue weighted by Gasteiger charge is -2.38. The molecular weight excluding hydrogens is 342 g/mol. The predicted octanol–water partition coefficient (Wildman–Crippen LogP) is 0.206. The molecule has 0 bridgehead atoms. The van der Waals surface area contributed by atoms with E-state index >= 15 is 0 Å². The van der Waals surface area contributed by atoms with E-state index in [4.69, 9.17) is 0 Å². The van der Waals surface area contributed by atoms with Crippen molar-refractivity contribution in [2.45, 2.75) is 25.4 Å². The second-order valence-corrected chi connectivity index (χ2v) is 9.02. The van der Waals surface area contributed by atoms with Crippen LogP contribution in [-0.4, -0.2) is 74.1 Å². The number of nitrogens with one attached hydrogen (secondary N) is 1. The number of phenols is 1. The van der Waals surface area contributed by atoms with E-state index in [0.29, 0.717) is 19.5 Å². The minimum absolute atomic E-state index is 0.0481. The van der Waals surface area contributed by atoms with Gasteiger partial charge in [-0.05, 0) is 25.5 Å². The lowest BCUT2D eigenvalue weighted by Crippen LogP contribution is -2.55. The standard InChI is InChI=1S/C17H25N3O4S/c1-13(17(22)18-14-6-11-25(23,24)12-14)19-7-9-20(10-8-19)15-4-2-3-5-16(15)21/h2-5,13-14,21H,6-12H2,1H3,(H,18,22)/t13-,14+/m0/s1. The Labute approximate surface area is 148 Å². The molecule has 2 saturated heterocycles. The molecule has 25 heavy (non-hydrogen) atoms. The molecule has 2 atom stereocenters. The van der Waals surface area contributed by atoms with Crippen molar-refractivity contribution in [1.82, 2.24) is 10.2 Å². The summed E-state index contributed by atoms with van der Waals surface area (Å²) in [6, 6.07) is 6.70. The summed E-state index contributed by atoms with van der Waals surface area (Å²) in [5.74, 6) is 0.361. The highest BCUT2D eigenvalue weighted by atomic mass is 32.2. The molecule has 8 heteroatoms. The molecule has 2 aliphatic heterocycles. The van der Waals surface area contributed by atoms with E-state index in [1.54, 1.807) is 12.1 Å². The van der Waals surface area contributed by atoms with Gasteiger partial charge in [-0.3, -0.25) is 9.69 Å². The lowest BCUT2D eigenvalue weighted by molar-refractivity contribution is -0.126. The average molecular weight is 367 g/mol. The van der Waals surface area contributed by atoms with E-state index in [0.717, 1.165) is 18.8 Å². The summed E-state index contributed by atoms with van der Waals surface area (Å²) in [7, 11) is -2.99. The number of amides is 1. The Morgan fingerprint density at radius 2 is 1.92 bits per heavy atom. The maximum Gasteiger partial charge on any atom is 0.237 e. The van der Waals surface area contributed by atoms with Gasteiger partial charge in [0.25, 0.3) is 0 Å². The van der Waals surface area contributed by atoms with Crippen LogP contribution in [0.2, 0.25) is 0 Å². The maximum atomic E-state index is 12.4. The van der Waals surface area contributed by atoms with Gasteiger partial charge in [0.2, 0.25) is 5.91 Å². The Balaban J connectivity index is 1.52. The Kier molecular flexibility index (Phi) is 5.19. The van der Waals surface area contributed by atoms with Gasteiger partial charge in [-0.25, -0.2) is 8.42 Å². The predicted molar refractivity (Wildman–Crippen MR) is 96.6 cm³/mol. The zero-order valence-corrected chi connectivity index (χ0v) is 15.2. The molecule has 1 amide bonds. The second-order valence-electron chi connectivity index (χ2n) is 6.80. The van der Waals surface area contributed by atoms with Gasteiger partial charge >= 0.3 is 0 Å². The van der Waals surface area contributed by atoms with Crippen LogP contribution in [0.1, 0.15) is 13.3 Å². The van der Waals surface area contributed by atoms with Crippen LogP contribution in [0.25, 0.3) is 0 Å². The van der Waals surface area contributed by atoms with Crippen molar-refractivity contribution >= 4 is 21.4 Å². The summed E-state index contributed by atoms with van der Waals surface area (Å²) in [6.07, 6.45) is 0.502. The number of rotatable bonds is 4. The second kappa shape index (κ2) is 7.21. The van der Waals surface area contributed by atoms with Crippen molar-refractivity contribution < 1.29 is 18.3 Å². The molecule has 0 radical (unpaired) electrons. The van der Waals surface area contributed by atoms with Crippen LogP contribution in [0.3, 0.4) is 0 Å². The molecule has 0 spiro atoms. The van der Waals surface area contributed by atoms with Crippen molar-refractivity contribution in [1.29, 1.82) is 0 Å². The van der Waals surface area contributed by atoms with Gasteiger partial charge in [-0.2, -0.15) is 0 Å². The van der Waals surface area contributed by atoms with E-state index < -0.39 is 9.84 Å². The van der Waals surface area contributed by atoms with Gasteiger partial charge in [0.15, 0.2) is 9.84 Å². The number of carbonyl (C=O) groups excluding carboxylic acids is 1. The normalized spacial score (nSPS) is 24.8. The summed E-state index contributed by atoms with van der Waals surface area (Å²) in [4.78, 5) is 16.6. The van der Waals surface area contributed by atoms with Crippen LogP contribution in [0.5, 0.6) is 5.75 Å². The molecule has 0 unspecified atom stereocenters. The van der Waals surface area contributed by atoms with Gasteiger partial charge in [0, 0.05) is 32.2 Å². The third-order valence-corrected chi connectivity index (χ3v) is 6.81. The van der Waals surface area contributed by atoms with Gasteiger partial charge in [0.05, 0.1) is 23.2 Å². The van der Waals surface area contributed by atoms with E-state index in [9.17, 15) is 18.3 Å². The number of anilines is 1. The average Bonchev–Trinajstić information content (AvgIpc) is 2.93. The Morgan fingerprint density at radius 3 is 2.52 bits per heavy atom. The van der Waals surface area contributed by atoms with Crippen LogP contribution in [0.15, 0.2) is 24.3 Å². The number of phenolic OH excluding ortho intramolecular Hbond substituents is 1. The number of piperazine rings is 1. The van der Waals surface area contributed by atoms with Crippen LogP contribution >= 0.6 is 0 Å². The first kappa shape index (κ1) is 18.0. The van der Waals surface area contributed by atoms with Crippen molar-refractivity contribution in [3.05, 3.63) is 24.3 Å². The van der Waals surface area contributed by atoms with Crippen molar-refractivity contribution in [3.63, 3.8) is 0 Å². The number of benzene rings is 1. The van der Waals surface area contributed by atoms with Gasteiger partial charge < -0.3 is 15.3 Å². The van der Waals surface area contributed by atoms with Crippen LogP contribution in [0.4, 0.5) is 5.69 Å². The minimum atomic E-state index is -2.99. The topological polar surface area (TPSA) is 90.0 Å². The number of carbonyl (C=O) groups is 1. The van der Waals surface area contributed by atoms with E-state index in [1.807, 2.05) is 19.1 Å². The maximum absolute atomic E-state index is 12.4. The van der Waals surface area contributed by atoms with Crippen molar-refractivity contribution in [2.24, 2.45) is 0 Å². The van der Waals surface area contributed by atoms with Gasteiger partial charge in [-0.1, -0.05) is 12.1 Å². The van der Waals surface area contributed by atoms with Crippen molar-refractivity contribution in [2.75, 3.05) is 42.6 Å². The Hall–Kier alpha value is -1.80. The fourth-order valence-electron chi connectivity index (χ4n) is 3.48. The molecule has 0 aliphatic carbocycles. The summed E-state index contributed by atoms with van der Waals surface area (Å²) in [5.41, 5.74) is 0.815.